The van der Waals surface area contributed by atoms with Gasteiger partial charge in [0.25, 0.3) is 0 Å². The highest BCUT2D eigenvalue weighted by molar-refractivity contribution is 9.10. The van der Waals surface area contributed by atoms with Gasteiger partial charge in [-0.3, -0.25) is 0 Å². The Morgan fingerprint density at radius 1 is 1.09 bits per heavy atom. The van der Waals surface area contributed by atoms with Crippen molar-refractivity contribution in [2.24, 2.45) is 0 Å². The number of hydrogen-bond donors (Lipinski definition) is 1. The standard InChI is InChI=1S/C16H11BrFN3O2/c17-10-2-1-3-11(15(10)18)21-16-9-6-13-14(23-5-4-22-13)7-12(9)19-8-20-16/h1-3,6-8H,4-5H2,(H,19,20,21). The number of rotatable bonds is 2. The van der Waals surface area contributed by atoms with Gasteiger partial charge in [-0.2, -0.15) is 0 Å². The summed E-state index contributed by atoms with van der Waals surface area (Å²) < 4.78 is 25.7. The van der Waals surface area contributed by atoms with Crippen LogP contribution in [0.4, 0.5) is 15.9 Å². The van der Waals surface area contributed by atoms with Crippen molar-refractivity contribution in [3.63, 3.8) is 0 Å². The summed E-state index contributed by atoms with van der Waals surface area (Å²) in [5.41, 5.74) is 1.02. The Morgan fingerprint density at radius 3 is 2.70 bits per heavy atom. The second kappa shape index (κ2) is 5.66. The van der Waals surface area contributed by atoms with Crippen molar-refractivity contribution in [1.29, 1.82) is 0 Å². The van der Waals surface area contributed by atoms with E-state index in [9.17, 15) is 4.39 Å². The molecule has 3 aromatic rings. The molecule has 1 aliphatic heterocycles. The minimum absolute atomic E-state index is 0.328. The maximum absolute atomic E-state index is 14.2. The Labute approximate surface area is 139 Å². The molecule has 0 atom stereocenters. The first-order valence-electron chi connectivity index (χ1n) is 6.98. The lowest BCUT2D eigenvalue weighted by Crippen LogP contribution is -2.15. The van der Waals surface area contributed by atoms with Crippen LogP contribution in [0.15, 0.2) is 41.1 Å². The van der Waals surface area contributed by atoms with Crippen LogP contribution in [-0.4, -0.2) is 23.2 Å². The van der Waals surface area contributed by atoms with Crippen molar-refractivity contribution in [3.05, 3.63) is 46.9 Å². The second-order valence-electron chi connectivity index (χ2n) is 4.96. The Balaban J connectivity index is 1.82. The van der Waals surface area contributed by atoms with Crippen molar-refractivity contribution >= 4 is 38.3 Å². The lowest BCUT2D eigenvalue weighted by Gasteiger charge is -2.19. The number of halogens is 2. The van der Waals surface area contributed by atoms with Crippen molar-refractivity contribution in [2.75, 3.05) is 18.5 Å². The number of benzene rings is 2. The van der Waals surface area contributed by atoms with Crippen LogP contribution in [0.3, 0.4) is 0 Å². The molecule has 2 heterocycles. The number of ether oxygens (including phenoxy) is 2. The summed E-state index contributed by atoms with van der Waals surface area (Å²) in [4.78, 5) is 8.46. The first-order valence-corrected chi connectivity index (χ1v) is 7.77. The Morgan fingerprint density at radius 2 is 1.87 bits per heavy atom. The van der Waals surface area contributed by atoms with Crippen molar-refractivity contribution in [3.8, 4) is 11.5 Å². The molecule has 0 amide bonds. The lowest BCUT2D eigenvalue weighted by atomic mass is 10.2. The quantitative estimate of drug-likeness (QED) is 0.732. The van der Waals surface area contributed by atoms with E-state index in [4.69, 9.17) is 9.47 Å². The molecule has 2 aromatic carbocycles. The SMILES string of the molecule is Fc1c(Br)cccc1Nc1ncnc2cc3c(cc12)OCCO3. The van der Waals surface area contributed by atoms with Gasteiger partial charge in [-0.05, 0) is 34.1 Å². The van der Waals surface area contributed by atoms with Crippen LogP contribution < -0.4 is 14.8 Å². The van der Waals surface area contributed by atoms with E-state index in [1.807, 2.05) is 6.07 Å². The maximum atomic E-state index is 14.2. The van der Waals surface area contributed by atoms with E-state index in [1.54, 1.807) is 24.3 Å². The maximum Gasteiger partial charge on any atom is 0.163 e. The summed E-state index contributed by atoms with van der Waals surface area (Å²) in [7, 11) is 0. The molecule has 0 unspecified atom stereocenters. The summed E-state index contributed by atoms with van der Waals surface area (Å²) in [5.74, 6) is 1.42. The first-order chi connectivity index (χ1) is 11.2. The fourth-order valence-electron chi connectivity index (χ4n) is 2.42. The number of anilines is 2. The fraction of sp³-hybridized carbons (Fsp3) is 0.125. The Bertz CT molecular complexity index is 904. The van der Waals surface area contributed by atoms with Gasteiger partial charge in [-0.1, -0.05) is 6.07 Å². The van der Waals surface area contributed by atoms with Crippen molar-refractivity contribution in [2.45, 2.75) is 0 Å². The minimum atomic E-state index is -0.378. The summed E-state index contributed by atoms with van der Waals surface area (Å²) >= 11 is 3.17. The largest absolute Gasteiger partial charge is 0.486 e. The van der Waals surface area contributed by atoms with Gasteiger partial charge in [0.05, 0.1) is 15.7 Å². The summed E-state index contributed by atoms with van der Waals surface area (Å²) in [5, 5.41) is 3.74. The van der Waals surface area contributed by atoms with E-state index in [0.29, 0.717) is 46.2 Å². The highest BCUT2D eigenvalue weighted by Crippen LogP contribution is 2.36. The molecular weight excluding hydrogens is 365 g/mol. The van der Waals surface area contributed by atoms with Gasteiger partial charge in [0.15, 0.2) is 17.3 Å². The third kappa shape index (κ3) is 2.57. The van der Waals surface area contributed by atoms with Crippen LogP contribution in [0, 0.1) is 5.82 Å². The van der Waals surface area contributed by atoms with Crippen LogP contribution >= 0.6 is 15.9 Å². The second-order valence-corrected chi connectivity index (χ2v) is 5.82. The molecular formula is C16H11BrFN3O2. The molecule has 5 nitrogen and oxygen atoms in total. The van der Waals surface area contributed by atoms with Crippen LogP contribution in [-0.2, 0) is 0 Å². The van der Waals surface area contributed by atoms with Crippen LogP contribution in [0.5, 0.6) is 11.5 Å². The van der Waals surface area contributed by atoms with Gasteiger partial charge >= 0.3 is 0 Å². The predicted molar refractivity (Wildman–Crippen MR) is 87.9 cm³/mol. The van der Waals surface area contributed by atoms with Gasteiger partial charge in [-0.25, -0.2) is 14.4 Å². The van der Waals surface area contributed by atoms with Gasteiger partial charge in [0.2, 0.25) is 0 Å². The molecule has 1 aliphatic rings. The van der Waals surface area contributed by atoms with E-state index in [0.717, 1.165) is 5.39 Å². The minimum Gasteiger partial charge on any atom is -0.486 e. The summed E-state index contributed by atoms with van der Waals surface area (Å²) in [6, 6.07) is 8.64. The Kier molecular flexibility index (Phi) is 3.49. The van der Waals surface area contributed by atoms with Gasteiger partial charge < -0.3 is 14.8 Å². The molecule has 0 aliphatic carbocycles. The topological polar surface area (TPSA) is 56.3 Å². The van der Waals surface area contributed by atoms with Crippen LogP contribution in [0.1, 0.15) is 0 Å². The third-order valence-corrected chi connectivity index (χ3v) is 4.12. The zero-order valence-corrected chi connectivity index (χ0v) is 13.4. The molecule has 4 rings (SSSR count). The Hall–Kier alpha value is -2.41. The smallest absolute Gasteiger partial charge is 0.163 e. The molecule has 0 radical (unpaired) electrons. The van der Waals surface area contributed by atoms with Gasteiger partial charge in [0.1, 0.15) is 25.4 Å². The van der Waals surface area contributed by atoms with Crippen molar-refractivity contribution in [1.82, 2.24) is 9.97 Å². The van der Waals surface area contributed by atoms with E-state index in [1.165, 1.54) is 6.33 Å². The number of fused-ring (bicyclic) bond motifs is 2. The van der Waals surface area contributed by atoms with E-state index in [-0.39, 0.29) is 5.82 Å². The zero-order valence-electron chi connectivity index (χ0n) is 11.8. The molecule has 0 spiro atoms. The molecule has 0 bridgehead atoms. The van der Waals surface area contributed by atoms with Gasteiger partial charge in [0, 0.05) is 11.5 Å². The highest BCUT2D eigenvalue weighted by Gasteiger charge is 2.16. The number of hydrogen-bond acceptors (Lipinski definition) is 5. The van der Waals surface area contributed by atoms with E-state index < -0.39 is 0 Å². The number of nitrogens with one attached hydrogen (secondary N) is 1. The average Bonchev–Trinajstić information content (AvgIpc) is 2.57. The summed E-state index contributed by atoms with van der Waals surface area (Å²) in [6.45, 7) is 1.01. The average molecular weight is 376 g/mol. The molecule has 0 saturated carbocycles. The van der Waals surface area contributed by atoms with Crippen LogP contribution in [0.2, 0.25) is 0 Å². The molecule has 0 saturated heterocycles. The third-order valence-electron chi connectivity index (χ3n) is 3.50. The van der Waals surface area contributed by atoms with Gasteiger partial charge in [-0.15, -0.1) is 0 Å². The van der Waals surface area contributed by atoms with Crippen molar-refractivity contribution < 1.29 is 13.9 Å². The summed E-state index contributed by atoms with van der Waals surface area (Å²) in [6.07, 6.45) is 1.43. The molecule has 116 valence electrons. The molecule has 23 heavy (non-hydrogen) atoms. The molecule has 1 aromatic heterocycles. The van der Waals surface area contributed by atoms with E-state index >= 15 is 0 Å². The normalized spacial score (nSPS) is 13.1. The molecule has 1 N–H and O–H groups in total. The molecule has 7 heteroatoms. The zero-order chi connectivity index (χ0) is 15.8. The molecule has 0 fully saturated rings. The number of aromatic nitrogens is 2. The lowest BCUT2D eigenvalue weighted by molar-refractivity contribution is 0.172. The number of nitrogens with zero attached hydrogens (tertiary/aromatic N) is 2. The van der Waals surface area contributed by atoms with E-state index in [2.05, 4.69) is 31.2 Å². The first kappa shape index (κ1) is 14.2. The fourth-order valence-corrected chi connectivity index (χ4v) is 2.79. The highest BCUT2D eigenvalue weighted by atomic mass is 79.9. The monoisotopic (exact) mass is 375 g/mol. The van der Waals surface area contributed by atoms with Crippen LogP contribution in [0.25, 0.3) is 10.9 Å². The predicted octanol–water partition coefficient (Wildman–Crippen LogP) is 4.05.